The molecule has 0 aliphatic heterocycles. The van der Waals surface area contributed by atoms with E-state index in [-0.39, 0.29) is 11.6 Å². The maximum absolute atomic E-state index is 12.7. The summed E-state index contributed by atoms with van der Waals surface area (Å²) in [6, 6.07) is 5.54. The maximum atomic E-state index is 12.7. The van der Waals surface area contributed by atoms with Gasteiger partial charge in [0, 0.05) is 0 Å². The summed E-state index contributed by atoms with van der Waals surface area (Å²) in [4.78, 5) is 17.0. The Morgan fingerprint density at radius 1 is 1.38 bits per heavy atom. The van der Waals surface area contributed by atoms with Crippen LogP contribution in [0.2, 0.25) is 0 Å². The van der Waals surface area contributed by atoms with E-state index in [9.17, 15) is 4.79 Å². The van der Waals surface area contributed by atoms with Crippen molar-refractivity contribution in [2.45, 2.75) is 26.3 Å². The lowest BCUT2D eigenvalue weighted by Crippen LogP contribution is -2.24. The van der Waals surface area contributed by atoms with E-state index in [1.165, 1.54) is 11.3 Å². The SMILES string of the molecule is CCc1ccc2ncn(C(C)c3nnc(N)s3)c(=O)c2c1. The number of nitrogens with two attached hydrogens (primary N) is 1. The minimum atomic E-state index is -0.241. The van der Waals surface area contributed by atoms with Gasteiger partial charge in [-0.15, -0.1) is 10.2 Å². The molecule has 1 aromatic carbocycles. The van der Waals surface area contributed by atoms with Gasteiger partial charge in [-0.2, -0.15) is 0 Å². The van der Waals surface area contributed by atoms with Gasteiger partial charge in [0.25, 0.3) is 5.56 Å². The van der Waals surface area contributed by atoms with Crippen LogP contribution in [0.15, 0.2) is 29.3 Å². The molecule has 2 N–H and O–H groups in total. The van der Waals surface area contributed by atoms with E-state index in [4.69, 9.17) is 5.73 Å². The molecule has 0 saturated carbocycles. The standard InChI is InChI=1S/C14H15N5OS/c1-3-9-4-5-11-10(6-9)13(20)19(7-16-11)8(2)12-17-18-14(15)21-12/h4-8H,3H2,1-2H3,(H2,15,18). The Bertz CT molecular complexity index is 854. The molecular formula is C14H15N5OS. The molecule has 0 aliphatic carbocycles. The number of benzene rings is 1. The van der Waals surface area contributed by atoms with Gasteiger partial charge in [0.1, 0.15) is 5.01 Å². The van der Waals surface area contributed by atoms with Gasteiger partial charge in [0.2, 0.25) is 5.13 Å². The number of hydrogen-bond donors (Lipinski definition) is 1. The highest BCUT2D eigenvalue weighted by Gasteiger charge is 2.16. The third-order valence-corrected chi connectivity index (χ3v) is 4.41. The molecule has 6 nitrogen and oxygen atoms in total. The lowest BCUT2D eigenvalue weighted by molar-refractivity contribution is 0.599. The minimum Gasteiger partial charge on any atom is -0.374 e. The second kappa shape index (κ2) is 5.25. The number of nitrogens with zero attached hydrogens (tertiary/aromatic N) is 4. The van der Waals surface area contributed by atoms with Crippen molar-refractivity contribution in [3.63, 3.8) is 0 Å². The molecule has 7 heteroatoms. The summed E-state index contributed by atoms with van der Waals surface area (Å²) in [7, 11) is 0. The average molecular weight is 301 g/mol. The molecule has 21 heavy (non-hydrogen) atoms. The van der Waals surface area contributed by atoms with Crippen LogP contribution in [0.5, 0.6) is 0 Å². The van der Waals surface area contributed by atoms with Gasteiger partial charge < -0.3 is 5.73 Å². The van der Waals surface area contributed by atoms with Crippen LogP contribution in [0.3, 0.4) is 0 Å². The van der Waals surface area contributed by atoms with E-state index >= 15 is 0 Å². The highest BCUT2D eigenvalue weighted by Crippen LogP contribution is 2.22. The molecule has 1 atom stereocenters. The van der Waals surface area contributed by atoms with Crippen molar-refractivity contribution in [1.82, 2.24) is 19.7 Å². The van der Waals surface area contributed by atoms with Gasteiger partial charge in [0.05, 0.1) is 23.3 Å². The fourth-order valence-electron chi connectivity index (χ4n) is 2.21. The fraction of sp³-hybridized carbons (Fsp3) is 0.286. The van der Waals surface area contributed by atoms with Gasteiger partial charge in [-0.3, -0.25) is 9.36 Å². The largest absolute Gasteiger partial charge is 0.374 e. The van der Waals surface area contributed by atoms with Crippen molar-refractivity contribution in [2.75, 3.05) is 5.73 Å². The molecule has 1 unspecified atom stereocenters. The topological polar surface area (TPSA) is 86.7 Å². The van der Waals surface area contributed by atoms with Crippen LogP contribution < -0.4 is 11.3 Å². The van der Waals surface area contributed by atoms with Crippen LogP contribution in [0.1, 0.15) is 30.5 Å². The number of nitrogen functional groups attached to an aromatic ring is 1. The quantitative estimate of drug-likeness (QED) is 0.799. The third-order valence-electron chi connectivity index (χ3n) is 3.49. The molecule has 0 bridgehead atoms. The molecule has 0 fully saturated rings. The number of fused-ring (bicyclic) bond motifs is 1. The summed E-state index contributed by atoms with van der Waals surface area (Å²) in [5.74, 6) is 0. The molecule has 3 rings (SSSR count). The Morgan fingerprint density at radius 3 is 2.86 bits per heavy atom. The van der Waals surface area contributed by atoms with E-state index in [1.807, 2.05) is 25.1 Å². The van der Waals surface area contributed by atoms with E-state index in [1.54, 1.807) is 10.9 Å². The Morgan fingerprint density at radius 2 is 2.19 bits per heavy atom. The van der Waals surface area contributed by atoms with Gasteiger partial charge in [0.15, 0.2) is 0 Å². The van der Waals surface area contributed by atoms with Crippen molar-refractivity contribution in [1.29, 1.82) is 0 Å². The van der Waals surface area contributed by atoms with Crippen molar-refractivity contribution in [3.8, 4) is 0 Å². The Labute approximate surface area is 125 Å². The Hall–Kier alpha value is -2.28. The molecule has 0 saturated heterocycles. The summed E-state index contributed by atoms with van der Waals surface area (Å²) >= 11 is 1.28. The molecule has 3 aromatic rings. The number of anilines is 1. The monoisotopic (exact) mass is 301 g/mol. The van der Waals surface area contributed by atoms with E-state index in [0.717, 1.165) is 12.0 Å². The molecule has 0 aliphatic rings. The van der Waals surface area contributed by atoms with Crippen LogP contribution in [0.25, 0.3) is 10.9 Å². The Kier molecular flexibility index (Phi) is 3.42. The number of aromatic nitrogens is 4. The molecule has 0 radical (unpaired) electrons. The smallest absolute Gasteiger partial charge is 0.261 e. The second-order valence-electron chi connectivity index (χ2n) is 4.82. The number of rotatable bonds is 3. The zero-order chi connectivity index (χ0) is 15.0. The van der Waals surface area contributed by atoms with E-state index in [2.05, 4.69) is 22.1 Å². The first-order chi connectivity index (χ1) is 10.1. The predicted octanol–water partition coefficient (Wildman–Crippen LogP) is 2.00. The summed E-state index contributed by atoms with van der Waals surface area (Å²) in [5.41, 5.74) is 7.35. The van der Waals surface area contributed by atoms with Gasteiger partial charge >= 0.3 is 0 Å². The fourth-order valence-corrected chi connectivity index (χ4v) is 2.87. The first kappa shape index (κ1) is 13.7. The molecule has 0 amide bonds. The minimum absolute atomic E-state index is 0.0726. The third kappa shape index (κ3) is 2.40. The molecular weight excluding hydrogens is 286 g/mol. The zero-order valence-corrected chi connectivity index (χ0v) is 12.6. The second-order valence-corrected chi connectivity index (χ2v) is 5.86. The summed E-state index contributed by atoms with van der Waals surface area (Å²) in [6.07, 6.45) is 2.44. The highest BCUT2D eigenvalue weighted by molar-refractivity contribution is 7.15. The van der Waals surface area contributed by atoms with Gasteiger partial charge in [-0.1, -0.05) is 24.3 Å². The number of hydrogen-bond acceptors (Lipinski definition) is 6. The maximum Gasteiger partial charge on any atom is 0.261 e. The van der Waals surface area contributed by atoms with Gasteiger partial charge in [-0.25, -0.2) is 4.98 Å². The zero-order valence-electron chi connectivity index (χ0n) is 11.8. The molecule has 0 spiro atoms. The van der Waals surface area contributed by atoms with Crippen molar-refractivity contribution >= 4 is 27.4 Å². The van der Waals surface area contributed by atoms with Gasteiger partial charge in [-0.05, 0) is 31.0 Å². The normalized spacial score (nSPS) is 12.7. The van der Waals surface area contributed by atoms with Crippen LogP contribution in [0.4, 0.5) is 5.13 Å². The molecule has 108 valence electrons. The van der Waals surface area contributed by atoms with Crippen molar-refractivity contribution < 1.29 is 0 Å². The summed E-state index contributed by atoms with van der Waals surface area (Å²) in [6.45, 7) is 3.95. The van der Waals surface area contributed by atoms with Crippen LogP contribution in [0, 0.1) is 0 Å². The van der Waals surface area contributed by atoms with Crippen molar-refractivity contribution in [2.24, 2.45) is 0 Å². The molecule has 2 aromatic heterocycles. The lowest BCUT2D eigenvalue weighted by Gasteiger charge is -2.12. The lowest BCUT2D eigenvalue weighted by atomic mass is 10.1. The Balaban J connectivity index is 2.15. The highest BCUT2D eigenvalue weighted by atomic mass is 32.1. The summed E-state index contributed by atoms with van der Waals surface area (Å²) in [5, 5.41) is 9.51. The predicted molar refractivity (Wildman–Crippen MR) is 83.5 cm³/mol. The van der Waals surface area contributed by atoms with E-state index < -0.39 is 0 Å². The van der Waals surface area contributed by atoms with Crippen molar-refractivity contribution in [3.05, 3.63) is 45.5 Å². The van der Waals surface area contributed by atoms with Crippen LogP contribution >= 0.6 is 11.3 Å². The first-order valence-electron chi connectivity index (χ1n) is 6.68. The first-order valence-corrected chi connectivity index (χ1v) is 7.50. The van der Waals surface area contributed by atoms with E-state index in [0.29, 0.717) is 21.0 Å². The number of aryl methyl sites for hydroxylation is 1. The van der Waals surface area contributed by atoms with Crippen LogP contribution in [-0.4, -0.2) is 19.7 Å². The van der Waals surface area contributed by atoms with Crippen LogP contribution in [-0.2, 0) is 6.42 Å². The average Bonchev–Trinajstić information content (AvgIpc) is 2.93. The summed E-state index contributed by atoms with van der Waals surface area (Å²) < 4.78 is 1.57. The molecule has 2 heterocycles.